The highest BCUT2D eigenvalue weighted by Gasteiger charge is 2.39. The Kier molecular flexibility index (Phi) is 9.61. The van der Waals surface area contributed by atoms with Gasteiger partial charge in [-0.2, -0.15) is 0 Å². The maximum Gasteiger partial charge on any atom is 0.138 e. The van der Waals surface area contributed by atoms with Gasteiger partial charge in [-0.25, -0.2) is 9.97 Å². The maximum absolute atomic E-state index is 5.20. The molecule has 4 aliphatic heterocycles. The predicted molar refractivity (Wildman–Crippen MR) is 237 cm³/mol. The normalized spacial score (nSPS) is 25.6. The molecule has 310 valence electrons. The Balaban J connectivity index is 0.685. The molecule has 12 rings (SSSR count). The topological polar surface area (TPSA) is 73.3 Å². The van der Waals surface area contributed by atoms with Crippen LogP contribution in [-0.4, -0.2) is 77.8 Å². The molecular weight excluding hydrogens is 741 g/mol. The number of fused-ring (bicyclic) bond motifs is 8. The standard InChI is InChI=1S/C50H60N10/c1-11-43-53-41(31-57-25-5-9-39-17-15-37-7-3-23-51-47(37)49(39)57)33-59(43)45(13-1)55-27-19-35(20-28-55)36-21-29-56(30-22-36)46-14-2-12-44-54-42(34-60(44)46)32-58-26-6-10-40-18-16-38-8-4-24-52-48(38)50(40)58/h1-4,7-8,11-14,23-24,33-36,39-40,49-50H,5-6,9-10,15-22,25-32H2/t39-,40-,49-,50-/m0/s1. The Hall–Kier alpha value is -4.80. The quantitative estimate of drug-likeness (QED) is 0.159. The van der Waals surface area contributed by atoms with Crippen LogP contribution < -0.4 is 9.80 Å². The first-order valence-corrected chi connectivity index (χ1v) is 23.5. The van der Waals surface area contributed by atoms with E-state index >= 15 is 0 Å². The van der Waals surface area contributed by atoms with E-state index in [0.717, 1.165) is 75.5 Å². The summed E-state index contributed by atoms with van der Waals surface area (Å²) >= 11 is 0. The number of nitrogens with zero attached hydrogens (tertiary/aromatic N) is 10. The van der Waals surface area contributed by atoms with Crippen molar-refractivity contribution >= 4 is 22.9 Å². The van der Waals surface area contributed by atoms with Crippen LogP contribution in [0.2, 0.25) is 0 Å². The van der Waals surface area contributed by atoms with E-state index in [4.69, 9.17) is 19.9 Å². The van der Waals surface area contributed by atoms with Gasteiger partial charge < -0.3 is 9.80 Å². The first-order valence-electron chi connectivity index (χ1n) is 23.5. The Bertz CT molecular complexity index is 2300. The maximum atomic E-state index is 5.20. The summed E-state index contributed by atoms with van der Waals surface area (Å²) in [5, 5.41) is 0. The summed E-state index contributed by atoms with van der Waals surface area (Å²) in [6, 6.07) is 23.1. The van der Waals surface area contributed by atoms with E-state index in [2.05, 4.69) is 101 Å². The van der Waals surface area contributed by atoms with Crippen molar-refractivity contribution in [1.29, 1.82) is 0 Å². The third kappa shape index (κ3) is 6.69. The monoisotopic (exact) mass is 801 g/mol. The number of hydrogen-bond donors (Lipinski definition) is 0. The Morgan fingerprint density at radius 3 is 1.40 bits per heavy atom. The lowest BCUT2D eigenvalue weighted by atomic mass is 9.77. The lowest BCUT2D eigenvalue weighted by Crippen LogP contribution is -2.41. The highest BCUT2D eigenvalue weighted by Crippen LogP contribution is 2.45. The molecule has 0 aromatic carbocycles. The molecule has 0 radical (unpaired) electrons. The summed E-state index contributed by atoms with van der Waals surface area (Å²) in [6.07, 6.45) is 23.8. The van der Waals surface area contributed by atoms with Gasteiger partial charge in [0.1, 0.15) is 22.9 Å². The molecule has 0 unspecified atom stereocenters. The van der Waals surface area contributed by atoms with E-state index in [9.17, 15) is 0 Å². The van der Waals surface area contributed by atoms with Gasteiger partial charge in [-0.15, -0.1) is 0 Å². The Morgan fingerprint density at radius 1 is 0.467 bits per heavy atom. The number of likely N-dealkylation sites (tertiary alicyclic amines) is 2. The molecule has 4 atom stereocenters. The number of aromatic nitrogens is 6. The van der Waals surface area contributed by atoms with Crippen LogP contribution in [0.3, 0.4) is 0 Å². The van der Waals surface area contributed by atoms with Crippen molar-refractivity contribution in [3.63, 3.8) is 0 Å². The van der Waals surface area contributed by atoms with Crippen LogP contribution in [0.25, 0.3) is 11.3 Å². The molecule has 6 aromatic rings. The Morgan fingerprint density at radius 2 is 0.933 bits per heavy atom. The molecule has 0 bridgehead atoms. The molecule has 10 heteroatoms. The highest BCUT2D eigenvalue weighted by atomic mass is 15.3. The van der Waals surface area contributed by atoms with Crippen molar-refractivity contribution in [2.24, 2.45) is 23.7 Å². The van der Waals surface area contributed by atoms with Gasteiger partial charge in [0.2, 0.25) is 0 Å². The first kappa shape index (κ1) is 37.0. The minimum atomic E-state index is 0.419. The molecule has 6 aromatic heterocycles. The van der Waals surface area contributed by atoms with E-state index in [1.807, 2.05) is 12.4 Å². The van der Waals surface area contributed by atoms with Gasteiger partial charge in [-0.05, 0) is 161 Å². The van der Waals surface area contributed by atoms with Crippen LogP contribution in [0.1, 0.15) is 110 Å². The summed E-state index contributed by atoms with van der Waals surface area (Å²) in [6.45, 7) is 8.50. The zero-order valence-electron chi connectivity index (χ0n) is 35.2. The summed E-state index contributed by atoms with van der Waals surface area (Å²) in [5.41, 5.74) is 10.0. The molecule has 4 fully saturated rings. The fourth-order valence-corrected chi connectivity index (χ4v) is 13.0. The molecule has 10 nitrogen and oxygen atoms in total. The molecule has 4 saturated heterocycles. The average Bonchev–Trinajstić information content (AvgIpc) is 3.92. The minimum Gasteiger partial charge on any atom is -0.358 e. The van der Waals surface area contributed by atoms with E-state index in [1.54, 1.807) is 0 Å². The van der Waals surface area contributed by atoms with E-state index in [-0.39, 0.29) is 0 Å². The number of pyridine rings is 4. The van der Waals surface area contributed by atoms with E-state index in [1.165, 1.54) is 123 Å². The fourth-order valence-electron chi connectivity index (χ4n) is 13.0. The second-order valence-electron chi connectivity index (χ2n) is 19.1. The largest absolute Gasteiger partial charge is 0.358 e. The van der Waals surface area contributed by atoms with Gasteiger partial charge in [-0.3, -0.25) is 28.6 Å². The van der Waals surface area contributed by atoms with Crippen molar-refractivity contribution < 1.29 is 0 Å². The molecule has 0 N–H and O–H groups in total. The number of piperidine rings is 4. The second-order valence-corrected chi connectivity index (χ2v) is 19.1. The number of hydrogen-bond acceptors (Lipinski definition) is 8. The SMILES string of the molecule is c1cnc2c(c1)CC[C@@H]1CCCN(Cc3cn4c(N5CCC(C6CCN(c7cccc8nc(CN9CCC[C@H]%10CCc%11cccnc%11[C@H]%109)cn78)CC6)CC5)cccc4n3)[C@H]21. The molecule has 10 heterocycles. The van der Waals surface area contributed by atoms with Crippen LogP contribution >= 0.6 is 0 Å². The number of aryl methyl sites for hydroxylation is 2. The van der Waals surface area contributed by atoms with Crippen molar-refractivity contribution in [3.8, 4) is 0 Å². The second kappa shape index (κ2) is 15.6. The number of rotatable bonds is 7. The van der Waals surface area contributed by atoms with Crippen LogP contribution in [-0.2, 0) is 25.9 Å². The molecular formula is C50H60N10. The van der Waals surface area contributed by atoms with Crippen LogP contribution in [0.5, 0.6) is 0 Å². The molecule has 0 saturated carbocycles. The lowest BCUT2D eigenvalue weighted by molar-refractivity contribution is 0.0686. The van der Waals surface area contributed by atoms with Crippen molar-refractivity contribution in [2.75, 3.05) is 49.1 Å². The summed E-state index contributed by atoms with van der Waals surface area (Å²) in [7, 11) is 0. The van der Waals surface area contributed by atoms with Gasteiger partial charge in [0.25, 0.3) is 0 Å². The van der Waals surface area contributed by atoms with E-state index < -0.39 is 0 Å². The third-order valence-corrected chi connectivity index (χ3v) is 15.9. The number of anilines is 2. The van der Waals surface area contributed by atoms with Gasteiger partial charge in [0.15, 0.2) is 0 Å². The summed E-state index contributed by atoms with van der Waals surface area (Å²) in [4.78, 5) is 30.9. The van der Waals surface area contributed by atoms with E-state index in [0.29, 0.717) is 23.9 Å². The van der Waals surface area contributed by atoms with Crippen molar-refractivity contribution in [1.82, 2.24) is 38.5 Å². The molecule has 0 spiro atoms. The summed E-state index contributed by atoms with van der Waals surface area (Å²) < 4.78 is 4.75. The zero-order valence-corrected chi connectivity index (χ0v) is 35.2. The first-order chi connectivity index (χ1) is 29.7. The van der Waals surface area contributed by atoms with Crippen molar-refractivity contribution in [2.45, 2.75) is 102 Å². The van der Waals surface area contributed by atoms with Crippen molar-refractivity contribution in [3.05, 3.63) is 119 Å². The third-order valence-electron chi connectivity index (χ3n) is 15.9. The average molecular weight is 801 g/mol. The van der Waals surface area contributed by atoms with Crippen LogP contribution in [0, 0.1) is 23.7 Å². The van der Waals surface area contributed by atoms with Gasteiger partial charge in [-0.1, -0.05) is 24.3 Å². The lowest BCUT2D eigenvalue weighted by Gasteiger charge is -2.44. The zero-order chi connectivity index (χ0) is 39.6. The Labute approximate surface area is 354 Å². The molecule has 60 heavy (non-hydrogen) atoms. The van der Waals surface area contributed by atoms with Crippen LogP contribution in [0.15, 0.2) is 85.5 Å². The number of imidazole rings is 2. The minimum absolute atomic E-state index is 0.419. The highest BCUT2D eigenvalue weighted by molar-refractivity contribution is 5.54. The molecule has 0 amide bonds. The van der Waals surface area contributed by atoms with Gasteiger partial charge in [0, 0.05) is 64.1 Å². The van der Waals surface area contributed by atoms with Gasteiger partial charge >= 0.3 is 0 Å². The summed E-state index contributed by atoms with van der Waals surface area (Å²) in [5.74, 6) is 5.60. The van der Waals surface area contributed by atoms with Crippen LogP contribution in [0.4, 0.5) is 11.6 Å². The molecule has 6 aliphatic rings. The van der Waals surface area contributed by atoms with Gasteiger partial charge in [0.05, 0.1) is 34.9 Å². The fraction of sp³-hybridized carbons (Fsp3) is 0.520. The molecule has 2 aliphatic carbocycles. The smallest absolute Gasteiger partial charge is 0.138 e. The predicted octanol–water partition coefficient (Wildman–Crippen LogP) is 8.70.